The molecule has 1 aromatic rings. The third-order valence-corrected chi connectivity index (χ3v) is 2.99. The summed E-state index contributed by atoms with van der Waals surface area (Å²) >= 11 is 0. The largest absolute Gasteiger partial charge is 0.316 e. The molecule has 0 unspecified atom stereocenters. The van der Waals surface area contributed by atoms with Gasteiger partial charge in [0.1, 0.15) is 0 Å². The summed E-state index contributed by atoms with van der Waals surface area (Å²) in [4.78, 5) is 0. The minimum absolute atomic E-state index is 0.463. The van der Waals surface area contributed by atoms with Crippen LogP contribution in [0.3, 0.4) is 0 Å². The Morgan fingerprint density at radius 3 is 2.79 bits per heavy atom. The van der Waals surface area contributed by atoms with Gasteiger partial charge in [0.15, 0.2) is 0 Å². The summed E-state index contributed by atoms with van der Waals surface area (Å²) < 4.78 is 1.78. The molecule has 0 aromatic carbocycles. The predicted molar refractivity (Wildman–Crippen MR) is 54.9 cm³/mol. The average Bonchev–Trinajstić information content (AvgIpc) is 2.48. The molecule has 14 heavy (non-hydrogen) atoms. The first-order chi connectivity index (χ1) is 6.74. The molecule has 1 N–H and O–H groups in total. The molecule has 1 aromatic heterocycles. The predicted octanol–water partition coefficient (Wildman–Crippen LogP) is 0.747. The van der Waals surface area contributed by atoms with Crippen LogP contribution in [0.4, 0.5) is 0 Å². The maximum atomic E-state index is 4.15. The smallest absolute Gasteiger partial charge is 0.0833 e. The van der Waals surface area contributed by atoms with Crippen LogP contribution in [0.2, 0.25) is 0 Å². The van der Waals surface area contributed by atoms with Crippen molar-refractivity contribution in [1.29, 1.82) is 0 Å². The van der Waals surface area contributed by atoms with E-state index < -0.39 is 0 Å². The van der Waals surface area contributed by atoms with Gasteiger partial charge in [-0.1, -0.05) is 18.6 Å². The number of hydrogen-bond acceptors (Lipinski definition) is 3. The molecule has 1 fully saturated rings. The number of nitrogens with zero attached hydrogens (tertiary/aromatic N) is 3. The van der Waals surface area contributed by atoms with E-state index in [1.54, 1.807) is 4.68 Å². The Hall–Kier alpha value is -0.900. The van der Waals surface area contributed by atoms with E-state index in [0.29, 0.717) is 5.41 Å². The molecule has 0 bridgehead atoms. The summed E-state index contributed by atoms with van der Waals surface area (Å²) in [5, 5.41) is 11.5. The number of aromatic nitrogens is 3. The summed E-state index contributed by atoms with van der Waals surface area (Å²) in [5.41, 5.74) is 1.59. The maximum Gasteiger partial charge on any atom is 0.0833 e. The van der Waals surface area contributed by atoms with Gasteiger partial charge in [0, 0.05) is 38.2 Å². The first-order valence-corrected chi connectivity index (χ1v) is 5.30. The van der Waals surface area contributed by atoms with Crippen LogP contribution in [0.1, 0.15) is 25.5 Å². The fourth-order valence-corrected chi connectivity index (χ4v) is 2.26. The van der Waals surface area contributed by atoms with Crippen LogP contribution in [0.25, 0.3) is 0 Å². The highest BCUT2D eigenvalue weighted by molar-refractivity contribution is 5.04. The highest BCUT2D eigenvalue weighted by Crippen LogP contribution is 2.31. The molecular formula is C10H18N4. The zero-order chi connectivity index (χ0) is 10.0. The van der Waals surface area contributed by atoms with Crippen molar-refractivity contribution in [2.75, 3.05) is 13.1 Å². The zero-order valence-corrected chi connectivity index (χ0v) is 8.95. The highest BCUT2D eigenvalue weighted by Gasteiger charge is 2.36. The molecule has 2 heterocycles. The Bertz CT molecular complexity index is 301. The fourth-order valence-electron chi connectivity index (χ4n) is 2.26. The molecule has 0 radical (unpaired) electrons. The Labute approximate surface area is 84.7 Å². The summed E-state index contributed by atoms with van der Waals surface area (Å²) in [7, 11) is 1.92. The van der Waals surface area contributed by atoms with Crippen molar-refractivity contribution in [3.05, 3.63) is 11.9 Å². The van der Waals surface area contributed by atoms with Gasteiger partial charge < -0.3 is 5.32 Å². The molecule has 1 saturated heterocycles. The number of hydrogen-bond donors (Lipinski definition) is 1. The molecule has 0 saturated carbocycles. The van der Waals surface area contributed by atoms with Gasteiger partial charge in [-0.2, -0.15) is 0 Å². The summed E-state index contributed by atoms with van der Waals surface area (Å²) in [6.45, 7) is 4.52. The lowest BCUT2D eigenvalue weighted by Gasteiger charge is -2.42. The first-order valence-electron chi connectivity index (χ1n) is 5.30. The van der Waals surface area contributed by atoms with Gasteiger partial charge in [0.05, 0.1) is 5.69 Å². The second kappa shape index (κ2) is 3.69. The third kappa shape index (κ3) is 1.80. The molecule has 1 aliphatic heterocycles. The summed E-state index contributed by atoms with van der Waals surface area (Å²) in [6.07, 6.45) is 5.63. The lowest BCUT2D eigenvalue weighted by Crippen LogP contribution is -2.54. The Balaban J connectivity index is 2.01. The van der Waals surface area contributed by atoms with Crippen molar-refractivity contribution in [3.63, 3.8) is 0 Å². The van der Waals surface area contributed by atoms with Crippen molar-refractivity contribution < 1.29 is 0 Å². The van der Waals surface area contributed by atoms with E-state index in [1.165, 1.54) is 12.8 Å². The second-order valence-corrected chi connectivity index (χ2v) is 4.41. The van der Waals surface area contributed by atoms with Gasteiger partial charge >= 0.3 is 0 Å². The van der Waals surface area contributed by atoms with Gasteiger partial charge in [0.2, 0.25) is 0 Å². The molecule has 1 aliphatic rings. The van der Waals surface area contributed by atoms with Crippen molar-refractivity contribution in [3.8, 4) is 0 Å². The monoisotopic (exact) mass is 194 g/mol. The van der Waals surface area contributed by atoms with Gasteiger partial charge in [-0.05, 0) is 6.42 Å². The van der Waals surface area contributed by atoms with Crippen LogP contribution in [0, 0.1) is 5.41 Å². The fraction of sp³-hybridized carbons (Fsp3) is 0.800. The number of nitrogens with one attached hydrogen (secondary N) is 1. The molecule has 2 rings (SSSR count). The van der Waals surface area contributed by atoms with E-state index in [4.69, 9.17) is 0 Å². The number of aryl methyl sites for hydroxylation is 1. The average molecular weight is 194 g/mol. The van der Waals surface area contributed by atoms with Crippen LogP contribution in [-0.4, -0.2) is 28.1 Å². The van der Waals surface area contributed by atoms with Crippen LogP contribution >= 0.6 is 0 Å². The lowest BCUT2D eigenvalue weighted by atomic mass is 9.74. The topological polar surface area (TPSA) is 42.7 Å². The number of rotatable bonds is 4. The third-order valence-electron chi connectivity index (χ3n) is 2.99. The van der Waals surface area contributed by atoms with Crippen LogP contribution in [0.5, 0.6) is 0 Å². The molecule has 78 valence electrons. The van der Waals surface area contributed by atoms with E-state index in [1.807, 2.05) is 13.2 Å². The van der Waals surface area contributed by atoms with E-state index in [0.717, 1.165) is 25.2 Å². The molecule has 0 amide bonds. The van der Waals surface area contributed by atoms with Gasteiger partial charge in [-0.25, -0.2) is 0 Å². The minimum atomic E-state index is 0.463. The van der Waals surface area contributed by atoms with Crippen molar-refractivity contribution in [2.24, 2.45) is 12.5 Å². The van der Waals surface area contributed by atoms with Crippen LogP contribution in [0.15, 0.2) is 6.20 Å². The summed E-state index contributed by atoms with van der Waals surface area (Å²) in [6, 6.07) is 0. The van der Waals surface area contributed by atoms with Crippen molar-refractivity contribution >= 4 is 0 Å². The highest BCUT2D eigenvalue weighted by atomic mass is 15.4. The maximum absolute atomic E-state index is 4.15. The molecule has 0 aliphatic carbocycles. The standard InChI is InChI=1S/C10H18N4/c1-3-4-10(7-11-8-10)5-9-6-14(2)13-12-9/h6,11H,3-5,7-8H2,1-2H3. The molecule has 0 atom stereocenters. The first kappa shape index (κ1) is 9.65. The second-order valence-electron chi connectivity index (χ2n) is 4.41. The van der Waals surface area contributed by atoms with E-state index >= 15 is 0 Å². The van der Waals surface area contributed by atoms with Crippen LogP contribution < -0.4 is 5.32 Å². The Morgan fingerprint density at radius 1 is 1.57 bits per heavy atom. The lowest BCUT2D eigenvalue weighted by molar-refractivity contribution is 0.149. The van der Waals surface area contributed by atoms with Gasteiger partial charge in [0.25, 0.3) is 0 Å². The molecule has 4 heteroatoms. The van der Waals surface area contributed by atoms with E-state index in [9.17, 15) is 0 Å². The minimum Gasteiger partial charge on any atom is -0.316 e. The van der Waals surface area contributed by atoms with Crippen molar-refractivity contribution in [2.45, 2.75) is 26.2 Å². The molecule has 4 nitrogen and oxygen atoms in total. The summed E-state index contributed by atoms with van der Waals surface area (Å²) in [5.74, 6) is 0. The van der Waals surface area contributed by atoms with Gasteiger partial charge in [-0.3, -0.25) is 4.68 Å². The van der Waals surface area contributed by atoms with Crippen LogP contribution in [-0.2, 0) is 13.5 Å². The SMILES string of the molecule is CCCC1(Cc2cn(C)nn2)CNC1. The Kier molecular flexibility index (Phi) is 2.54. The normalized spacial score (nSPS) is 19.3. The molecular weight excluding hydrogens is 176 g/mol. The van der Waals surface area contributed by atoms with E-state index in [-0.39, 0.29) is 0 Å². The van der Waals surface area contributed by atoms with Crippen molar-refractivity contribution in [1.82, 2.24) is 20.3 Å². The van der Waals surface area contributed by atoms with E-state index in [2.05, 4.69) is 22.6 Å². The van der Waals surface area contributed by atoms with Gasteiger partial charge in [-0.15, -0.1) is 5.10 Å². The Morgan fingerprint density at radius 2 is 2.36 bits per heavy atom. The zero-order valence-electron chi connectivity index (χ0n) is 8.95. The molecule has 0 spiro atoms. The quantitative estimate of drug-likeness (QED) is 0.769.